The van der Waals surface area contributed by atoms with E-state index in [1.165, 1.54) is 11.3 Å². The fraction of sp³-hybridized carbons (Fsp3) is 0.421. The van der Waals surface area contributed by atoms with E-state index in [1.807, 2.05) is 31.4 Å². The molecule has 1 atom stereocenters. The van der Waals surface area contributed by atoms with Crippen LogP contribution in [0, 0.1) is 6.92 Å². The molecule has 4 N–H and O–H groups in total. The van der Waals surface area contributed by atoms with Crippen LogP contribution in [0.4, 0.5) is 0 Å². The molecule has 0 spiro atoms. The van der Waals surface area contributed by atoms with Gasteiger partial charge in [0, 0.05) is 24.5 Å². The van der Waals surface area contributed by atoms with Gasteiger partial charge in [-0.2, -0.15) is 0 Å². The van der Waals surface area contributed by atoms with Gasteiger partial charge < -0.3 is 15.7 Å². The molecule has 1 aromatic carbocycles. The number of sulfonamides is 1. The zero-order chi connectivity index (χ0) is 20.6. The van der Waals surface area contributed by atoms with E-state index in [4.69, 9.17) is 0 Å². The number of hydrogen-bond donors (Lipinski definition) is 4. The number of aliphatic hydroxyl groups is 1. The molecule has 9 heteroatoms. The highest BCUT2D eigenvalue weighted by Gasteiger charge is 2.24. The molecular formula is C19H28N4O3S2. The number of hydrogen-bond acceptors (Lipinski definition) is 5. The Balaban J connectivity index is 1.88. The molecule has 0 aliphatic carbocycles. The average molecular weight is 425 g/mol. The molecule has 1 aromatic heterocycles. The fourth-order valence-corrected chi connectivity index (χ4v) is 4.22. The molecule has 7 nitrogen and oxygen atoms in total. The van der Waals surface area contributed by atoms with E-state index in [-0.39, 0.29) is 18.0 Å². The van der Waals surface area contributed by atoms with Crippen LogP contribution in [0.1, 0.15) is 24.3 Å². The van der Waals surface area contributed by atoms with Gasteiger partial charge in [-0.25, -0.2) is 18.1 Å². The van der Waals surface area contributed by atoms with Crippen molar-refractivity contribution in [2.75, 3.05) is 26.2 Å². The summed E-state index contributed by atoms with van der Waals surface area (Å²) >= 11 is 1.48. The third-order valence-electron chi connectivity index (χ3n) is 3.98. The van der Waals surface area contributed by atoms with E-state index in [2.05, 4.69) is 20.3 Å². The Morgan fingerprint density at radius 2 is 1.89 bits per heavy atom. The molecule has 2 aromatic rings. The van der Waals surface area contributed by atoms with Gasteiger partial charge in [-0.1, -0.05) is 23.8 Å². The lowest BCUT2D eigenvalue weighted by Crippen LogP contribution is -2.42. The third kappa shape index (κ3) is 6.59. The van der Waals surface area contributed by atoms with Crippen LogP contribution < -0.4 is 15.4 Å². The van der Waals surface area contributed by atoms with E-state index < -0.39 is 15.6 Å². The summed E-state index contributed by atoms with van der Waals surface area (Å²) in [6, 6.07) is 10.5. The standard InChI is InChI=1S/C19H28N4O3S2/c1-4-20-18(22-14-19(3,24)17-6-5-13-27-17)21-11-12-23-28(25,26)16-9-7-15(2)8-10-16/h5-10,13,23-24H,4,11-12,14H2,1-3H3,(H2,20,21,22). The lowest BCUT2D eigenvalue weighted by atomic mass is 10.1. The maximum Gasteiger partial charge on any atom is 0.240 e. The van der Waals surface area contributed by atoms with E-state index in [0.717, 1.165) is 10.4 Å². The van der Waals surface area contributed by atoms with Crippen LogP contribution >= 0.6 is 11.3 Å². The average Bonchev–Trinajstić information content (AvgIpc) is 3.19. The molecule has 0 amide bonds. The van der Waals surface area contributed by atoms with Gasteiger partial charge in [0.1, 0.15) is 5.60 Å². The zero-order valence-electron chi connectivity index (χ0n) is 16.4. The third-order valence-corrected chi connectivity index (χ3v) is 6.58. The highest BCUT2D eigenvalue weighted by molar-refractivity contribution is 7.89. The topological polar surface area (TPSA) is 103 Å². The molecule has 28 heavy (non-hydrogen) atoms. The van der Waals surface area contributed by atoms with Crippen molar-refractivity contribution in [3.05, 3.63) is 52.2 Å². The Hall–Kier alpha value is -1.94. The van der Waals surface area contributed by atoms with Crippen LogP contribution in [-0.4, -0.2) is 45.7 Å². The molecule has 0 radical (unpaired) electrons. The van der Waals surface area contributed by atoms with Crippen molar-refractivity contribution < 1.29 is 13.5 Å². The Bertz CT molecular complexity index is 861. The Morgan fingerprint density at radius 3 is 2.50 bits per heavy atom. The number of benzene rings is 1. The second kappa shape index (κ2) is 10.0. The van der Waals surface area contributed by atoms with Gasteiger partial charge in [-0.05, 0) is 44.4 Å². The van der Waals surface area contributed by atoms with Gasteiger partial charge in [0.15, 0.2) is 5.96 Å². The second-order valence-electron chi connectivity index (χ2n) is 6.58. The first kappa shape index (κ1) is 22.4. The predicted molar refractivity (Wildman–Crippen MR) is 114 cm³/mol. The summed E-state index contributed by atoms with van der Waals surface area (Å²) in [5, 5.41) is 18.7. The minimum absolute atomic E-state index is 0.192. The smallest absolute Gasteiger partial charge is 0.240 e. The highest BCUT2D eigenvalue weighted by atomic mass is 32.2. The maximum atomic E-state index is 12.3. The molecule has 0 bridgehead atoms. The van der Waals surface area contributed by atoms with Crippen molar-refractivity contribution in [3.63, 3.8) is 0 Å². The molecular weight excluding hydrogens is 396 g/mol. The van der Waals surface area contributed by atoms with Crippen LogP contribution in [0.25, 0.3) is 0 Å². The van der Waals surface area contributed by atoms with Crippen molar-refractivity contribution in [3.8, 4) is 0 Å². The van der Waals surface area contributed by atoms with Crippen molar-refractivity contribution in [2.24, 2.45) is 4.99 Å². The second-order valence-corrected chi connectivity index (χ2v) is 9.30. The highest BCUT2D eigenvalue weighted by Crippen LogP contribution is 2.25. The van der Waals surface area contributed by atoms with Crippen LogP contribution in [0.3, 0.4) is 0 Å². The van der Waals surface area contributed by atoms with Crippen LogP contribution in [0.2, 0.25) is 0 Å². The van der Waals surface area contributed by atoms with Crippen molar-refractivity contribution in [1.29, 1.82) is 0 Å². The quantitative estimate of drug-likeness (QED) is 0.279. The van der Waals surface area contributed by atoms with Crippen LogP contribution in [0.5, 0.6) is 0 Å². The summed E-state index contributed by atoms with van der Waals surface area (Å²) in [6.45, 7) is 6.99. The number of thiophene rings is 1. The summed E-state index contributed by atoms with van der Waals surface area (Å²) in [5.74, 6) is 0.522. The summed E-state index contributed by atoms with van der Waals surface area (Å²) in [4.78, 5) is 5.50. The Morgan fingerprint density at radius 1 is 1.18 bits per heavy atom. The van der Waals surface area contributed by atoms with Gasteiger partial charge >= 0.3 is 0 Å². The SMILES string of the molecule is CCNC(=NCC(C)(O)c1cccs1)NCCNS(=O)(=O)c1ccc(C)cc1. The number of aliphatic imine (C=N–C) groups is 1. The summed E-state index contributed by atoms with van der Waals surface area (Å²) in [6.07, 6.45) is 0. The number of aryl methyl sites for hydroxylation is 1. The number of guanidine groups is 1. The molecule has 0 saturated carbocycles. The zero-order valence-corrected chi connectivity index (χ0v) is 18.0. The molecule has 0 aliphatic rings. The summed E-state index contributed by atoms with van der Waals surface area (Å²) in [7, 11) is -3.54. The van der Waals surface area contributed by atoms with Gasteiger partial charge in [0.25, 0.3) is 0 Å². The van der Waals surface area contributed by atoms with Gasteiger partial charge in [0.05, 0.1) is 11.4 Å². The minimum atomic E-state index is -3.54. The van der Waals surface area contributed by atoms with Gasteiger partial charge in [-0.15, -0.1) is 11.3 Å². The van der Waals surface area contributed by atoms with E-state index in [1.54, 1.807) is 31.2 Å². The largest absolute Gasteiger partial charge is 0.383 e. The summed E-state index contributed by atoms with van der Waals surface area (Å²) in [5.41, 5.74) is -0.0469. The van der Waals surface area contributed by atoms with E-state index in [9.17, 15) is 13.5 Å². The Kier molecular flexibility index (Phi) is 7.99. The van der Waals surface area contributed by atoms with E-state index >= 15 is 0 Å². The van der Waals surface area contributed by atoms with Crippen LogP contribution in [-0.2, 0) is 15.6 Å². The Labute approximate surface area is 171 Å². The van der Waals surface area contributed by atoms with Gasteiger partial charge in [0.2, 0.25) is 10.0 Å². The fourth-order valence-electron chi connectivity index (χ4n) is 2.40. The van der Waals surface area contributed by atoms with Crippen molar-refractivity contribution >= 4 is 27.3 Å². The number of nitrogens with one attached hydrogen (secondary N) is 3. The van der Waals surface area contributed by atoms with Crippen LogP contribution in [0.15, 0.2) is 51.7 Å². The van der Waals surface area contributed by atoms with E-state index in [0.29, 0.717) is 19.0 Å². The van der Waals surface area contributed by atoms with Crippen molar-refractivity contribution in [2.45, 2.75) is 31.3 Å². The number of rotatable bonds is 9. The maximum absolute atomic E-state index is 12.3. The first-order valence-corrected chi connectivity index (χ1v) is 11.5. The van der Waals surface area contributed by atoms with Crippen molar-refractivity contribution in [1.82, 2.24) is 15.4 Å². The summed E-state index contributed by atoms with van der Waals surface area (Å²) < 4.78 is 27.1. The number of nitrogens with zero attached hydrogens (tertiary/aromatic N) is 1. The van der Waals surface area contributed by atoms with Gasteiger partial charge in [-0.3, -0.25) is 0 Å². The molecule has 0 saturated heterocycles. The first-order chi connectivity index (χ1) is 13.2. The molecule has 0 aliphatic heterocycles. The lowest BCUT2D eigenvalue weighted by molar-refractivity contribution is 0.0711. The normalized spacial score (nSPS) is 14.5. The molecule has 2 rings (SSSR count). The molecule has 0 fully saturated rings. The predicted octanol–water partition coefficient (Wildman–Crippen LogP) is 1.80. The minimum Gasteiger partial charge on any atom is -0.383 e. The molecule has 154 valence electrons. The molecule has 1 unspecified atom stereocenters. The first-order valence-electron chi connectivity index (χ1n) is 9.09. The monoisotopic (exact) mass is 424 g/mol. The lowest BCUT2D eigenvalue weighted by Gasteiger charge is -2.20. The molecule has 1 heterocycles.